The number of aromatic nitrogens is 4. The van der Waals surface area contributed by atoms with Gasteiger partial charge in [-0.15, -0.1) is 22.7 Å². The minimum atomic E-state index is -0.859. The van der Waals surface area contributed by atoms with E-state index in [0.717, 1.165) is 64.9 Å². The molecule has 0 amide bonds. The van der Waals surface area contributed by atoms with Crippen LogP contribution in [0.2, 0.25) is 0 Å². The van der Waals surface area contributed by atoms with Gasteiger partial charge in [0, 0.05) is 32.7 Å². The van der Waals surface area contributed by atoms with Crippen LogP contribution in [0.15, 0.2) is 39.8 Å². The molecule has 2 aromatic carbocycles. The van der Waals surface area contributed by atoms with Crippen molar-refractivity contribution in [3.8, 4) is 11.4 Å². The minimum absolute atomic E-state index is 0.0690. The van der Waals surface area contributed by atoms with Gasteiger partial charge in [0.05, 0.1) is 11.0 Å². The number of aliphatic hydroxyl groups excluding tert-OH is 1. The normalized spacial score (nSPS) is 15.8. The Labute approximate surface area is 188 Å². The van der Waals surface area contributed by atoms with Gasteiger partial charge in [-0.05, 0) is 47.9 Å². The van der Waals surface area contributed by atoms with Crippen molar-refractivity contribution in [2.75, 3.05) is 0 Å². The van der Waals surface area contributed by atoms with Crippen LogP contribution < -0.4 is 5.56 Å². The van der Waals surface area contributed by atoms with Crippen molar-refractivity contribution in [1.29, 1.82) is 0 Å². The number of rotatable bonds is 0. The number of pyridine rings is 1. The van der Waals surface area contributed by atoms with E-state index in [1.54, 1.807) is 27.1 Å². The Morgan fingerprint density at radius 1 is 0.906 bits per heavy atom. The molecule has 7 aromatic rings. The molecule has 1 unspecified atom stereocenters. The monoisotopic (exact) mass is 454 g/mol. The van der Waals surface area contributed by atoms with Crippen LogP contribution in [0.1, 0.15) is 22.9 Å². The molecule has 1 aliphatic heterocycles. The molecule has 0 bridgehead atoms. The molecule has 6 heterocycles. The van der Waals surface area contributed by atoms with Crippen molar-refractivity contribution in [2.24, 2.45) is 0 Å². The molecule has 0 spiro atoms. The van der Waals surface area contributed by atoms with Gasteiger partial charge in [0.25, 0.3) is 5.56 Å². The molecule has 0 aliphatic carbocycles. The summed E-state index contributed by atoms with van der Waals surface area (Å²) in [6.45, 7) is 4.06. The maximum absolute atomic E-state index is 13.7. The highest BCUT2D eigenvalue weighted by atomic mass is 32.1. The molecule has 8 heteroatoms. The van der Waals surface area contributed by atoms with Gasteiger partial charge in [0.15, 0.2) is 6.23 Å². The van der Waals surface area contributed by atoms with E-state index in [1.165, 1.54) is 0 Å². The Bertz CT molecular complexity index is 2010. The number of thiophene rings is 2. The summed E-state index contributed by atoms with van der Waals surface area (Å²) in [6.07, 6.45) is -0.859. The van der Waals surface area contributed by atoms with Gasteiger partial charge in [-0.25, -0.2) is 9.97 Å². The average molecular weight is 455 g/mol. The van der Waals surface area contributed by atoms with Crippen molar-refractivity contribution in [1.82, 2.24) is 18.9 Å². The maximum atomic E-state index is 13.7. The molecule has 0 saturated heterocycles. The van der Waals surface area contributed by atoms with Crippen molar-refractivity contribution in [3.63, 3.8) is 0 Å². The van der Waals surface area contributed by atoms with Gasteiger partial charge in [-0.3, -0.25) is 13.8 Å². The standard InChI is InChI=1S/C24H14N4O2S2/c1-9-7-31-21-17(9)27-19(25-21)11-3-6-14-16-12(4-5-13(15(11)16)23(27)29)20-26-22-18(10(2)8-32-22)28(20)24(14)30/h3-8,23,29H,1-2H3. The first-order chi connectivity index (χ1) is 15.5. The van der Waals surface area contributed by atoms with Gasteiger partial charge in [0.2, 0.25) is 0 Å². The van der Waals surface area contributed by atoms with Crippen LogP contribution >= 0.6 is 22.7 Å². The lowest BCUT2D eigenvalue weighted by atomic mass is 9.90. The third-order valence-electron chi connectivity index (χ3n) is 6.80. The average Bonchev–Trinajstić information content (AvgIpc) is 3.53. The molecule has 0 radical (unpaired) electrons. The second kappa shape index (κ2) is 5.35. The molecule has 1 aliphatic rings. The number of aryl methyl sites for hydroxylation is 2. The van der Waals surface area contributed by atoms with E-state index in [4.69, 9.17) is 9.97 Å². The van der Waals surface area contributed by atoms with E-state index in [1.807, 2.05) is 48.1 Å². The van der Waals surface area contributed by atoms with Crippen LogP contribution in [-0.4, -0.2) is 24.0 Å². The summed E-state index contributed by atoms with van der Waals surface area (Å²) < 4.78 is 3.67. The third kappa shape index (κ3) is 1.73. The quantitative estimate of drug-likeness (QED) is 0.342. The van der Waals surface area contributed by atoms with Crippen molar-refractivity contribution >= 4 is 70.6 Å². The Balaban J connectivity index is 1.63. The summed E-state index contributed by atoms with van der Waals surface area (Å²) in [5.41, 5.74) is 6.36. The second-order valence-electron chi connectivity index (χ2n) is 8.51. The SMILES string of the molecule is Cc1csc2nc3n(c12)C(O)c1ccc2c4c1c-3ccc4c(=O)n1c2nc2scc(C)c21. The maximum Gasteiger partial charge on any atom is 0.264 e. The van der Waals surface area contributed by atoms with Crippen LogP contribution in [0.4, 0.5) is 0 Å². The summed E-state index contributed by atoms with van der Waals surface area (Å²) in [6, 6.07) is 7.85. The van der Waals surface area contributed by atoms with Gasteiger partial charge in [0.1, 0.15) is 21.1 Å². The Hall–Kier alpha value is -3.33. The number of hydrogen-bond acceptors (Lipinski definition) is 6. The van der Waals surface area contributed by atoms with Crippen LogP contribution in [0, 0.1) is 13.8 Å². The minimum Gasteiger partial charge on any atom is -0.369 e. The lowest BCUT2D eigenvalue weighted by Gasteiger charge is -2.26. The van der Waals surface area contributed by atoms with E-state index in [9.17, 15) is 9.90 Å². The third-order valence-corrected chi connectivity index (χ3v) is 8.76. The van der Waals surface area contributed by atoms with Gasteiger partial charge in [-0.1, -0.05) is 12.1 Å². The molecule has 1 atom stereocenters. The van der Waals surface area contributed by atoms with Crippen LogP contribution in [0.5, 0.6) is 0 Å². The molecular weight excluding hydrogens is 440 g/mol. The molecule has 154 valence electrons. The highest BCUT2D eigenvalue weighted by molar-refractivity contribution is 7.17. The number of benzene rings is 2. The van der Waals surface area contributed by atoms with Crippen LogP contribution in [0.3, 0.4) is 0 Å². The fourth-order valence-electron chi connectivity index (χ4n) is 5.43. The van der Waals surface area contributed by atoms with E-state index in [-0.39, 0.29) is 5.56 Å². The zero-order valence-corrected chi connectivity index (χ0v) is 18.6. The van der Waals surface area contributed by atoms with Gasteiger partial charge in [-0.2, -0.15) is 0 Å². The first-order valence-corrected chi connectivity index (χ1v) is 12.1. The zero-order chi connectivity index (χ0) is 21.5. The molecule has 32 heavy (non-hydrogen) atoms. The lowest BCUT2D eigenvalue weighted by Crippen LogP contribution is -2.18. The van der Waals surface area contributed by atoms with Crippen LogP contribution in [-0.2, 0) is 0 Å². The molecule has 0 fully saturated rings. The molecular formula is C24H14N4O2S2. The van der Waals surface area contributed by atoms with Crippen molar-refractivity contribution < 1.29 is 5.11 Å². The van der Waals surface area contributed by atoms with Crippen molar-refractivity contribution in [3.05, 3.63) is 62.1 Å². The smallest absolute Gasteiger partial charge is 0.264 e. The number of aliphatic hydroxyl groups is 1. The molecule has 8 rings (SSSR count). The number of fused-ring (bicyclic) bond motifs is 8. The zero-order valence-electron chi connectivity index (χ0n) is 17.0. The van der Waals surface area contributed by atoms with E-state index in [0.29, 0.717) is 11.0 Å². The van der Waals surface area contributed by atoms with Gasteiger partial charge >= 0.3 is 0 Å². The van der Waals surface area contributed by atoms with E-state index in [2.05, 4.69) is 5.38 Å². The van der Waals surface area contributed by atoms with Crippen molar-refractivity contribution in [2.45, 2.75) is 20.1 Å². The van der Waals surface area contributed by atoms with E-state index >= 15 is 0 Å². The summed E-state index contributed by atoms with van der Waals surface area (Å²) in [5.74, 6) is 0.747. The Kier molecular flexibility index (Phi) is 2.88. The predicted octanol–water partition coefficient (Wildman–Crippen LogP) is 5.20. The fraction of sp³-hybridized carbons (Fsp3) is 0.125. The Morgan fingerprint density at radius 2 is 1.62 bits per heavy atom. The van der Waals surface area contributed by atoms with Crippen LogP contribution in [0.25, 0.3) is 59.3 Å². The fourth-order valence-corrected chi connectivity index (χ4v) is 7.25. The number of hydrogen-bond donors (Lipinski definition) is 1. The lowest BCUT2D eigenvalue weighted by molar-refractivity contribution is 0.152. The Morgan fingerprint density at radius 3 is 2.44 bits per heavy atom. The second-order valence-corrected chi connectivity index (χ2v) is 10.2. The molecule has 5 aromatic heterocycles. The molecule has 1 N–H and O–H groups in total. The number of imidazole rings is 2. The largest absolute Gasteiger partial charge is 0.369 e. The molecule has 0 saturated carbocycles. The summed E-state index contributed by atoms with van der Waals surface area (Å²) >= 11 is 3.15. The molecule has 6 nitrogen and oxygen atoms in total. The van der Waals surface area contributed by atoms with E-state index < -0.39 is 6.23 Å². The topological polar surface area (TPSA) is 72.4 Å². The predicted molar refractivity (Wildman–Crippen MR) is 129 cm³/mol. The first kappa shape index (κ1) is 17.3. The highest BCUT2D eigenvalue weighted by Crippen LogP contribution is 2.46. The highest BCUT2D eigenvalue weighted by Gasteiger charge is 2.31. The van der Waals surface area contributed by atoms with Gasteiger partial charge < -0.3 is 5.11 Å². The summed E-state index contributed by atoms with van der Waals surface area (Å²) in [7, 11) is 0. The first-order valence-electron chi connectivity index (χ1n) is 10.3. The summed E-state index contributed by atoms with van der Waals surface area (Å²) in [4.78, 5) is 25.2. The summed E-state index contributed by atoms with van der Waals surface area (Å²) in [5, 5.41) is 18.9. The number of nitrogens with zero attached hydrogens (tertiary/aromatic N) is 4.